The standard InChI is InChI=1S/C11H23NO/c1-2-7-12-8-9-13-10-11-5-3-4-6-11/h11-12H,2-10H2,1H3. The highest BCUT2D eigenvalue weighted by Crippen LogP contribution is 2.24. The second kappa shape index (κ2) is 7.34. The molecular formula is C11H23NO. The van der Waals surface area contributed by atoms with E-state index in [4.69, 9.17) is 4.74 Å². The average Bonchev–Trinajstić information content (AvgIpc) is 2.63. The van der Waals surface area contributed by atoms with Crippen molar-refractivity contribution in [3.63, 3.8) is 0 Å². The third-order valence-electron chi connectivity index (χ3n) is 2.68. The first-order valence-electron chi connectivity index (χ1n) is 5.72. The lowest BCUT2D eigenvalue weighted by atomic mass is 10.1. The summed E-state index contributed by atoms with van der Waals surface area (Å²) in [6.45, 7) is 6.20. The molecule has 1 N–H and O–H groups in total. The van der Waals surface area contributed by atoms with Crippen molar-refractivity contribution in [2.24, 2.45) is 5.92 Å². The van der Waals surface area contributed by atoms with Crippen molar-refractivity contribution in [1.29, 1.82) is 0 Å². The largest absolute Gasteiger partial charge is 0.380 e. The maximum atomic E-state index is 5.60. The van der Waals surface area contributed by atoms with Crippen molar-refractivity contribution in [1.82, 2.24) is 5.32 Å². The van der Waals surface area contributed by atoms with Crippen LogP contribution in [0.4, 0.5) is 0 Å². The summed E-state index contributed by atoms with van der Waals surface area (Å²) < 4.78 is 5.60. The van der Waals surface area contributed by atoms with Crippen LogP contribution in [0.1, 0.15) is 39.0 Å². The predicted molar refractivity (Wildman–Crippen MR) is 55.9 cm³/mol. The van der Waals surface area contributed by atoms with Gasteiger partial charge in [0.2, 0.25) is 0 Å². The van der Waals surface area contributed by atoms with Gasteiger partial charge in [-0.05, 0) is 31.7 Å². The van der Waals surface area contributed by atoms with Gasteiger partial charge in [0.1, 0.15) is 0 Å². The molecular weight excluding hydrogens is 162 g/mol. The van der Waals surface area contributed by atoms with Crippen molar-refractivity contribution in [3.8, 4) is 0 Å². The SMILES string of the molecule is CCCNCCOCC1CCCC1. The van der Waals surface area contributed by atoms with Crippen LogP contribution >= 0.6 is 0 Å². The Bertz CT molecular complexity index is 111. The molecule has 0 spiro atoms. The lowest BCUT2D eigenvalue weighted by molar-refractivity contribution is 0.103. The molecule has 0 radical (unpaired) electrons. The topological polar surface area (TPSA) is 21.3 Å². The number of hydrogen-bond donors (Lipinski definition) is 1. The highest BCUT2D eigenvalue weighted by molar-refractivity contribution is 4.66. The van der Waals surface area contributed by atoms with Gasteiger partial charge < -0.3 is 10.1 Å². The van der Waals surface area contributed by atoms with E-state index in [-0.39, 0.29) is 0 Å². The fraction of sp³-hybridized carbons (Fsp3) is 1.00. The summed E-state index contributed by atoms with van der Waals surface area (Å²) in [7, 11) is 0. The van der Waals surface area contributed by atoms with Gasteiger partial charge in [-0.15, -0.1) is 0 Å². The van der Waals surface area contributed by atoms with E-state index in [9.17, 15) is 0 Å². The Morgan fingerprint density at radius 1 is 1.23 bits per heavy atom. The smallest absolute Gasteiger partial charge is 0.0591 e. The summed E-state index contributed by atoms with van der Waals surface area (Å²) >= 11 is 0. The van der Waals surface area contributed by atoms with Crippen LogP contribution in [0.15, 0.2) is 0 Å². The molecule has 78 valence electrons. The number of ether oxygens (including phenoxy) is 1. The molecule has 1 fully saturated rings. The molecule has 0 atom stereocenters. The molecule has 1 rings (SSSR count). The van der Waals surface area contributed by atoms with Gasteiger partial charge in [-0.2, -0.15) is 0 Å². The molecule has 1 aliphatic rings. The molecule has 0 saturated heterocycles. The molecule has 2 heteroatoms. The molecule has 0 amide bonds. The Hall–Kier alpha value is -0.0800. The minimum atomic E-state index is 0.867. The maximum Gasteiger partial charge on any atom is 0.0591 e. The molecule has 0 bridgehead atoms. The monoisotopic (exact) mass is 185 g/mol. The summed E-state index contributed by atoms with van der Waals surface area (Å²) in [6.07, 6.45) is 6.83. The molecule has 1 saturated carbocycles. The average molecular weight is 185 g/mol. The van der Waals surface area contributed by atoms with Gasteiger partial charge in [0.25, 0.3) is 0 Å². The molecule has 1 aliphatic carbocycles. The number of hydrogen-bond acceptors (Lipinski definition) is 2. The summed E-state index contributed by atoms with van der Waals surface area (Å²) in [4.78, 5) is 0. The van der Waals surface area contributed by atoms with Crippen LogP contribution in [0.25, 0.3) is 0 Å². The van der Waals surface area contributed by atoms with E-state index in [0.717, 1.165) is 32.2 Å². The van der Waals surface area contributed by atoms with Crippen LogP contribution < -0.4 is 5.32 Å². The zero-order chi connectivity index (χ0) is 9.36. The zero-order valence-electron chi connectivity index (χ0n) is 8.85. The third-order valence-corrected chi connectivity index (χ3v) is 2.68. The Kier molecular flexibility index (Phi) is 6.21. The van der Waals surface area contributed by atoms with Crippen molar-refractivity contribution in [2.75, 3.05) is 26.3 Å². The second-order valence-electron chi connectivity index (χ2n) is 3.98. The first-order chi connectivity index (χ1) is 6.43. The van der Waals surface area contributed by atoms with E-state index in [2.05, 4.69) is 12.2 Å². The minimum Gasteiger partial charge on any atom is -0.380 e. The minimum absolute atomic E-state index is 0.867. The number of nitrogens with one attached hydrogen (secondary N) is 1. The Morgan fingerprint density at radius 3 is 2.69 bits per heavy atom. The lowest BCUT2D eigenvalue weighted by Crippen LogP contribution is -2.21. The normalized spacial score (nSPS) is 18.2. The lowest BCUT2D eigenvalue weighted by Gasteiger charge is -2.09. The fourth-order valence-electron chi connectivity index (χ4n) is 1.87. The van der Waals surface area contributed by atoms with Crippen LogP contribution in [-0.4, -0.2) is 26.3 Å². The van der Waals surface area contributed by atoms with Crippen LogP contribution in [0.5, 0.6) is 0 Å². The van der Waals surface area contributed by atoms with Crippen molar-refractivity contribution in [2.45, 2.75) is 39.0 Å². The summed E-state index contributed by atoms with van der Waals surface area (Å²) in [5, 5.41) is 3.34. The summed E-state index contributed by atoms with van der Waals surface area (Å²) in [5.41, 5.74) is 0. The Labute approximate surface area is 82.0 Å². The van der Waals surface area contributed by atoms with Crippen molar-refractivity contribution >= 4 is 0 Å². The molecule has 13 heavy (non-hydrogen) atoms. The van der Waals surface area contributed by atoms with E-state index >= 15 is 0 Å². The van der Waals surface area contributed by atoms with Gasteiger partial charge in [0.05, 0.1) is 6.61 Å². The summed E-state index contributed by atoms with van der Waals surface area (Å²) in [6, 6.07) is 0. The third kappa shape index (κ3) is 5.27. The van der Waals surface area contributed by atoms with Gasteiger partial charge in [-0.3, -0.25) is 0 Å². The maximum absolute atomic E-state index is 5.60. The van der Waals surface area contributed by atoms with Crippen LogP contribution in [0.3, 0.4) is 0 Å². The molecule has 0 heterocycles. The second-order valence-corrected chi connectivity index (χ2v) is 3.98. The first-order valence-corrected chi connectivity index (χ1v) is 5.72. The zero-order valence-corrected chi connectivity index (χ0v) is 8.85. The van der Waals surface area contributed by atoms with E-state index < -0.39 is 0 Å². The Balaban J connectivity index is 1.78. The summed E-state index contributed by atoms with van der Waals surface area (Å²) in [5.74, 6) is 0.867. The predicted octanol–water partition coefficient (Wildman–Crippen LogP) is 2.19. The highest BCUT2D eigenvalue weighted by atomic mass is 16.5. The molecule has 0 aliphatic heterocycles. The van der Waals surface area contributed by atoms with Crippen LogP contribution in [0.2, 0.25) is 0 Å². The molecule has 0 aromatic rings. The van der Waals surface area contributed by atoms with Gasteiger partial charge in [-0.1, -0.05) is 19.8 Å². The van der Waals surface area contributed by atoms with E-state index in [1.54, 1.807) is 0 Å². The van der Waals surface area contributed by atoms with Gasteiger partial charge >= 0.3 is 0 Å². The highest BCUT2D eigenvalue weighted by Gasteiger charge is 2.14. The van der Waals surface area contributed by atoms with Gasteiger partial charge in [-0.25, -0.2) is 0 Å². The van der Waals surface area contributed by atoms with Crippen molar-refractivity contribution < 1.29 is 4.74 Å². The molecule has 2 nitrogen and oxygen atoms in total. The number of rotatable bonds is 7. The fourth-order valence-corrected chi connectivity index (χ4v) is 1.87. The van der Waals surface area contributed by atoms with Gasteiger partial charge in [0.15, 0.2) is 0 Å². The van der Waals surface area contributed by atoms with E-state index in [1.165, 1.54) is 32.1 Å². The van der Waals surface area contributed by atoms with E-state index in [1.807, 2.05) is 0 Å². The molecule has 0 aromatic carbocycles. The van der Waals surface area contributed by atoms with Gasteiger partial charge in [0, 0.05) is 13.2 Å². The van der Waals surface area contributed by atoms with Crippen LogP contribution in [0, 0.1) is 5.92 Å². The molecule has 0 unspecified atom stereocenters. The molecule has 0 aromatic heterocycles. The first kappa shape index (κ1) is 11.0. The quantitative estimate of drug-likeness (QED) is 0.614. The Morgan fingerprint density at radius 2 is 2.00 bits per heavy atom. The van der Waals surface area contributed by atoms with Crippen molar-refractivity contribution in [3.05, 3.63) is 0 Å². The van der Waals surface area contributed by atoms with Crippen LogP contribution in [-0.2, 0) is 4.74 Å². The van der Waals surface area contributed by atoms with E-state index in [0.29, 0.717) is 0 Å².